The standard InChI is InChI=1S/C6H10OS/c1-5-4-8-3-2-6(5)7/h5H,2-4H2,1H3/t5-/m0/s1. The van der Waals surface area contributed by atoms with E-state index < -0.39 is 0 Å². The molecule has 0 aromatic rings. The van der Waals surface area contributed by atoms with Gasteiger partial charge in [0.1, 0.15) is 5.78 Å². The first-order valence-corrected chi connectivity index (χ1v) is 4.06. The Labute approximate surface area is 53.8 Å². The topological polar surface area (TPSA) is 17.1 Å². The maximum absolute atomic E-state index is 10.8. The van der Waals surface area contributed by atoms with Gasteiger partial charge in [0.2, 0.25) is 0 Å². The van der Waals surface area contributed by atoms with E-state index in [-0.39, 0.29) is 0 Å². The Bertz CT molecular complexity index is 101. The number of carbonyl (C=O) groups excluding carboxylic acids is 1. The third-order valence-electron chi connectivity index (χ3n) is 1.41. The predicted molar refractivity (Wildman–Crippen MR) is 36.1 cm³/mol. The third-order valence-corrected chi connectivity index (χ3v) is 2.64. The average molecular weight is 130 g/mol. The van der Waals surface area contributed by atoms with E-state index in [1.165, 1.54) is 0 Å². The summed E-state index contributed by atoms with van der Waals surface area (Å²) in [6.07, 6.45) is 0.797. The second-order valence-electron chi connectivity index (χ2n) is 2.19. The van der Waals surface area contributed by atoms with Gasteiger partial charge >= 0.3 is 0 Å². The summed E-state index contributed by atoms with van der Waals surface area (Å²) < 4.78 is 0. The first-order chi connectivity index (χ1) is 3.80. The van der Waals surface area contributed by atoms with Crippen LogP contribution in [0.25, 0.3) is 0 Å². The first-order valence-electron chi connectivity index (χ1n) is 2.91. The van der Waals surface area contributed by atoms with Crippen molar-refractivity contribution in [2.24, 2.45) is 5.92 Å². The summed E-state index contributed by atoms with van der Waals surface area (Å²) in [6, 6.07) is 0. The highest BCUT2D eigenvalue weighted by Crippen LogP contribution is 2.18. The summed E-state index contributed by atoms with van der Waals surface area (Å²) in [5, 5.41) is 0. The maximum atomic E-state index is 10.8. The van der Waals surface area contributed by atoms with Crippen molar-refractivity contribution < 1.29 is 4.79 Å². The molecule has 0 radical (unpaired) electrons. The van der Waals surface area contributed by atoms with Gasteiger partial charge in [0.15, 0.2) is 0 Å². The molecule has 46 valence electrons. The van der Waals surface area contributed by atoms with Crippen molar-refractivity contribution in [3.8, 4) is 0 Å². The first kappa shape index (κ1) is 6.14. The molecule has 0 aromatic heterocycles. The summed E-state index contributed by atoms with van der Waals surface area (Å²) in [5.41, 5.74) is 0. The van der Waals surface area contributed by atoms with E-state index in [9.17, 15) is 4.79 Å². The number of Topliss-reactive ketones (excluding diaryl/α,β-unsaturated/α-hetero) is 1. The Morgan fingerprint density at radius 1 is 1.75 bits per heavy atom. The van der Waals surface area contributed by atoms with E-state index in [0.717, 1.165) is 17.9 Å². The molecule has 0 unspecified atom stereocenters. The zero-order valence-corrected chi connectivity index (χ0v) is 5.83. The predicted octanol–water partition coefficient (Wildman–Crippen LogP) is 1.33. The Kier molecular flexibility index (Phi) is 1.95. The second kappa shape index (κ2) is 2.53. The molecule has 1 fully saturated rings. The number of hydrogen-bond acceptors (Lipinski definition) is 2. The van der Waals surface area contributed by atoms with Crippen LogP contribution in [-0.2, 0) is 4.79 Å². The Balaban J connectivity index is 2.39. The Morgan fingerprint density at radius 2 is 2.50 bits per heavy atom. The van der Waals surface area contributed by atoms with Crippen LogP contribution in [0.3, 0.4) is 0 Å². The van der Waals surface area contributed by atoms with Crippen LogP contribution in [0.1, 0.15) is 13.3 Å². The fraction of sp³-hybridized carbons (Fsp3) is 0.833. The number of thioether (sulfide) groups is 1. The SMILES string of the molecule is C[C@H]1CSCCC1=O. The quantitative estimate of drug-likeness (QED) is 0.492. The highest BCUT2D eigenvalue weighted by atomic mass is 32.2. The number of ketones is 1. The average Bonchev–Trinajstić information content (AvgIpc) is 1.77. The van der Waals surface area contributed by atoms with Crippen molar-refractivity contribution in [1.82, 2.24) is 0 Å². The lowest BCUT2D eigenvalue weighted by Gasteiger charge is -2.14. The van der Waals surface area contributed by atoms with Crippen LogP contribution in [0.5, 0.6) is 0 Å². The van der Waals surface area contributed by atoms with Gasteiger partial charge in [0.25, 0.3) is 0 Å². The van der Waals surface area contributed by atoms with Crippen LogP contribution in [-0.4, -0.2) is 17.3 Å². The van der Waals surface area contributed by atoms with Crippen molar-refractivity contribution in [3.63, 3.8) is 0 Å². The zero-order chi connectivity index (χ0) is 5.98. The van der Waals surface area contributed by atoms with E-state index >= 15 is 0 Å². The lowest BCUT2D eigenvalue weighted by molar-refractivity contribution is -0.121. The fourth-order valence-corrected chi connectivity index (χ4v) is 1.82. The highest BCUT2D eigenvalue weighted by molar-refractivity contribution is 7.99. The van der Waals surface area contributed by atoms with Crippen LogP contribution < -0.4 is 0 Å². The lowest BCUT2D eigenvalue weighted by Crippen LogP contribution is -2.18. The highest BCUT2D eigenvalue weighted by Gasteiger charge is 2.16. The monoisotopic (exact) mass is 130 g/mol. The van der Waals surface area contributed by atoms with Gasteiger partial charge in [0.05, 0.1) is 0 Å². The van der Waals surface area contributed by atoms with Gasteiger partial charge in [-0.15, -0.1) is 0 Å². The van der Waals surface area contributed by atoms with E-state index in [1.54, 1.807) is 0 Å². The molecule has 0 bridgehead atoms. The lowest BCUT2D eigenvalue weighted by atomic mass is 10.1. The molecule has 1 heterocycles. The number of hydrogen-bond donors (Lipinski definition) is 0. The molecule has 1 aliphatic heterocycles. The van der Waals surface area contributed by atoms with E-state index in [4.69, 9.17) is 0 Å². The van der Waals surface area contributed by atoms with Gasteiger partial charge in [0, 0.05) is 23.8 Å². The largest absolute Gasteiger partial charge is 0.299 e. The van der Waals surface area contributed by atoms with Gasteiger partial charge in [-0.25, -0.2) is 0 Å². The summed E-state index contributed by atoms with van der Waals surface area (Å²) in [6.45, 7) is 2.01. The molecular weight excluding hydrogens is 120 g/mol. The minimum atomic E-state index is 0.328. The molecule has 0 aliphatic carbocycles. The molecule has 1 nitrogen and oxygen atoms in total. The second-order valence-corrected chi connectivity index (χ2v) is 3.34. The van der Waals surface area contributed by atoms with E-state index in [0.29, 0.717) is 11.7 Å². The van der Waals surface area contributed by atoms with Crippen molar-refractivity contribution in [1.29, 1.82) is 0 Å². The van der Waals surface area contributed by atoms with Crippen molar-refractivity contribution in [3.05, 3.63) is 0 Å². The van der Waals surface area contributed by atoms with Gasteiger partial charge in [-0.05, 0) is 0 Å². The van der Waals surface area contributed by atoms with Crippen molar-refractivity contribution in [2.45, 2.75) is 13.3 Å². The maximum Gasteiger partial charge on any atom is 0.137 e. The summed E-state index contributed by atoms with van der Waals surface area (Å²) >= 11 is 1.89. The molecule has 1 saturated heterocycles. The molecule has 0 N–H and O–H groups in total. The van der Waals surface area contributed by atoms with Gasteiger partial charge < -0.3 is 0 Å². The van der Waals surface area contributed by atoms with Crippen molar-refractivity contribution >= 4 is 17.5 Å². The normalized spacial score (nSPS) is 30.6. The molecule has 1 atom stereocenters. The van der Waals surface area contributed by atoms with E-state index in [2.05, 4.69) is 0 Å². The third kappa shape index (κ3) is 1.25. The molecule has 0 aromatic carbocycles. The minimum Gasteiger partial charge on any atom is -0.299 e. The molecule has 2 heteroatoms. The number of carbonyl (C=O) groups is 1. The molecule has 8 heavy (non-hydrogen) atoms. The van der Waals surface area contributed by atoms with Crippen LogP contribution in [0.15, 0.2) is 0 Å². The zero-order valence-electron chi connectivity index (χ0n) is 5.02. The van der Waals surface area contributed by atoms with Crippen LogP contribution in [0.4, 0.5) is 0 Å². The van der Waals surface area contributed by atoms with Crippen LogP contribution in [0.2, 0.25) is 0 Å². The molecule has 1 rings (SSSR count). The van der Waals surface area contributed by atoms with Crippen LogP contribution in [0, 0.1) is 5.92 Å². The van der Waals surface area contributed by atoms with Gasteiger partial charge in [-0.1, -0.05) is 6.92 Å². The molecular formula is C6H10OS. The Hall–Kier alpha value is 0.0200. The van der Waals surface area contributed by atoms with Crippen molar-refractivity contribution in [2.75, 3.05) is 11.5 Å². The van der Waals surface area contributed by atoms with E-state index in [1.807, 2.05) is 18.7 Å². The summed E-state index contributed by atoms with van der Waals surface area (Å²) in [5.74, 6) is 2.86. The smallest absolute Gasteiger partial charge is 0.137 e. The molecule has 0 saturated carbocycles. The fourth-order valence-electron chi connectivity index (χ4n) is 0.772. The summed E-state index contributed by atoms with van der Waals surface area (Å²) in [4.78, 5) is 10.8. The molecule has 1 aliphatic rings. The number of rotatable bonds is 0. The van der Waals surface area contributed by atoms with Gasteiger partial charge in [-0.3, -0.25) is 4.79 Å². The Morgan fingerprint density at radius 3 is 2.88 bits per heavy atom. The minimum absolute atomic E-state index is 0.328. The molecule has 0 spiro atoms. The van der Waals surface area contributed by atoms with Gasteiger partial charge in [-0.2, -0.15) is 11.8 Å². The molecule has 0 amide bonds. The summed E-state index contributed by atoms with van der Waals surface area (Å²) in [7, 11) is 0. The van der Waals surface area contributed by atoms with Crippen LogP contribution >= 0.6 is 11.8 Å².